The van der Waals surface area contributed by atoms with Crippen LogP contribution in [0.3, 0.4) is 0 Å². The molecule has 0 radical (unpaired) electrons. The number of anilines is 1. The van der Waals surface area contributed by atoms with Gasteiger partial charge in [0.05, 0.1) is 30.4 Å². The number of ether oxygens (including phenoxy) is 1. The molecule has 5 nitrogen and oxygen atoms in total. The van der Waals surface area contributed by atoms with Crippen LogP contribution in [0.4, 0.5) is 18.9 Å². The molecule has 2 aromatic carbocycles. The predicted octanol–water partition coefficient (Wildman–Crippen LogP) is 4.94. The van der Waals surface area contributed by atoms with Gasteiger partial charge in [0.15, 0.2) is 0 Å². The second-order valence-corrected chi connectivity index (χ2v) is 7.93. The van der Waals surface area contributed by atoms with Crippen LogP contribution in [0, 0.1) is 13.8 Å². The first kappa shape index (κ1) is 23.5. The van der Waals surface area contributed by atoms with Crippen LogP contribution in [0.25, 0.3) is 5.57 Å². The SMILES string of the molecule is Cc1ccc(C2=C(Nc3cccc(C(F)(F)F)c3)C(=O)N(CCOC(C)C)C2=O)cc1C. The largest absolute Gasteiger partial charge is 0.416 e. The summed E-state index contributed by atoms with van der Waals surface area (Å²) in [5, 5.41) is 2.77. The fourth-order valence-corrected chi connectivity index (χ4v) is 3.36. The lowest BCUT2D eigenvalue weighted by Gasteiger charge is -2.16. The van der Waals surface area contributed by atoms with E-state index in [1.165, 1.54) is 12.1 Å². The number of nitrogens with one attached hydrogen (secondary N) is 1. The number of rotatable bonds is 7. The molecule has 0 bridgehead atoms. The molecule has 2 aromatic rings. The topological polar surface area (TPSA) is 58.6 Å². The van der Waals surface area contributed by atoms with Crippen molar-refractivity contribution in [3.63, 3.8) is 0 Å². The van der Waals surface area contributed by atoms with Crippen molar-refractivity contribution in [1.29, 1.82) is 0 Å². The maximum atomic E-state index is 13.2. The molecule has 170 valence electrons. The van der Waals surface area contributed by atoms with Gasteiger partial charge in [-0.1, -0.05) is 24.3 Å². The van der Waals surface area contributed by atoms with Gasteiger partial charge >= 0.3 is 6.18 Å². The Kier molecular flexibility index (Phi) is 6.74. The van der Waals surface area contributed by atoms with Crippen molar-refractivity contribution < 1.29 is 27.5 Å². The molecule has 0 aliphatic carbocycles. The summed E-state index contributed by atoms with van der Waals surface area (Å²) in [7, 11) is 0. The molecule has 0 saturated heterocycles. The maximum Gasteiger partial charge on any atom is 0.416 e. The Labute approximate surface area is 184 Å². The van der Waals surface area contributed by atoms with Crippen molar-refractivity contribution >= 4 is 23.1 Å². The third-order valence-electron chi connectivity index (χ3n) is 5.19. The zero-order valence-corrected chi connectivity index (χ0v) is 18.3. The van der Waals surface area contributed by atoms with Crippen LogP contribution in [-0.4, -0.2) is 36.0 Å². The highest BCUT2D eigenvalue weighted by atomic mass is 19.4. The summed E-state index contributed by atoms with van der Waals surface area (Å²) in [6.07, 6.45) is -4.60. The van der Waals surface area contributed by atoms with E-state index in [-0.39, 0.29) is 36.2 Å². The number of hydrogen-bond donors (Lipinski definition) is 1. The van der Waals surface area contributed by atoms with Gasteiger partial charge in [0, 0.05) is 5.69 Å². The number of aryl methyl sites for hydroxylation is 2. The molecule has 3 rings (SSSR count). The van der Waals surface area contributed by atoms with Gasteiger partial charge in [-0.25, -0.2) is 0 Å². The maximum absolute atomic E-state index is 13.2. The standard InChI is InChI=1S/C24H25F3N2O3/c1-14(2)32-11-10-29-22(30)20(17-9-8-15(3)16(4)12-17)21(23(29)31)28-19-7-5-6-18(13-19)24(25,26)27/h5-9,12-14,28H,10-11H2,1-4H3. The lowest BCUT2D eigenvalue weighted by molar-refractivity contribution is -0.138. The van der Waals surface area contributed by atoms with Gasteiger partial charge in [-0.15, -0.1) is 0 Å². The highest BCUT2D eigenvalue weighted by Gasteiger charge is 2.39. The zero-order valence-electron chi connectivity index (χ0n) is 18.3. The minimum Gasteiger partial charge on any atom is -0.377 e. The van der Waals surface area contributed by atoms with Crippen LogP contribution >= 0.6 is 0 Å². The first-order valence-corrected chi connectivity index (χ1v) is 10.2. The Balaban J connectivity index is 2.02. The first-order valence-electron chi connectivity index (χ1n) is 10.2. The predicted molar refractivity (Wildman–Crippen MR) is 116 cm³/mol. The fourth-order valence-electron chi connectivity index (χ4n) is 3.36. The molecule has 0 saturated carbocycles. The van der Waals surface area contributed by atoms with Crippen LogP contribution < -0.4 is 5.32 Å². The van der Waals surface area contributed by atoms with E-state index in [0.717, 1.165) is 28.2 Å². The summed E-state index contributed by atoms with van der Waals surface area (Å²) >= 11 is 0. The van der Waals surface area contributed by atoms with E-state index in [2.05, 4.69) is 5.32 Å². The van der Waals surface area contributed by atoms with Crippen molar-refractivity contribution in [3.05, 3.63) is 70.4 Å². The Morgan fingerprint density at radius 2 is 1.72 bits per heavy atom. The fraction of sp³-hybridized carbons (Fsp3) is 0.333. The van der Waals surface area contributed by atoms with Crippen LogP contribution in [0.2, 0.25) is 0 Å². The summed E-state index contributed by atoms with van der Waals surface area (Å²) < 4.78 is 44.9. The van der Waals surface area contributed by atoms with Crippen molar-refractivity contribution in [2.24, 2.45) is 0 Å². The van der Waals surface area contributed by atoms with E-state index in [4.69, 9.17) is 4.74 Å². The number of carbonyl (C=O) groups is 2. The van der Waals surface area contributed by atoms with E-state index in [0.29, 0.717) is 5.56 Å². The van der Waals surface area contributed by atoms with E-state index in [1.807, 2.05) is 33.8 Å². The zero-order chi connectivity index (χ0) is 23.6. The third kappa shape index (κ3) is 5.02. The molecule has 1 heterocycles. The molecule has 1 N–H and O–H groups in total. The molecule has 1 aliphatic heterocycles. The number of alkyl halides is 3. The highest BCUT2D eigenvalue weighted by Crippen LogP contribution is 2.34. The van der Waals surface area contributed by atoms with Crippen LogP contribution in [0.1, 0.15) is 36.1 Å². The van der Waals surface area contributed by atoms with Crippen LogP contribution in [-0.2, 0) is 20.5 Å². The van der Waals surface area contributed by atoms with Gasteiger partial charge < -0.3 is 10.1 Å². The smallest absolute Gasteiger partial charge is 0.377 e. The quantitative estimate of drug-likeness (QED) is 0.612. The summed E-state index contributed by atoms with van der Waals surface area (Å²) in [6.45, 7) is 7.69. The van der Waals surface area contributed by atoms with Crippen molar-refractivity contribution in [2.45, 2.75) is 40.0 Å². The van der Waals surface area contributed by atoms with Gasteiger partial charge in [-0.2, -0.15) is 13.2 Å². The van der Waals surface area contributed by atoms with Gasteiger partial charge in [-0.05, 0) is 62.6 Å². The summed E-state index contributed by atoms with van der Waals surface area (Å²) in [6, 6.07) is 9.87. The van der Waals surface area contributed by atoms with Crippen molar-refractivity contribution in [2.75, 3.05) is 18.5 Å². The molecule has 0 fully saturated rings. The molecular weight excluding hydrogens is 421 g/mol. The minimum atomic E-state index is -4.53. The Hall–Kier alpha value is -3.13. The molecule has 0 spiro atoms. The molecule has 0 unspecified atom stereocenters. The lowest BCUT2D eigenvalue weighted by atomic mass is 9.99. The molecule has 8 heteroatoms. The Bertz CT molecular complexity index is 1070. The highest BCUT2D eigenvalue weighted by molar-refractivity contribution is 6.36. The van der Waals surface area contributed by atoms with Gasteiger partial charge in [0.1, 0.15) is 5.70 Å². The van der Waals surface area contributed by atoms with E-state index < -0.39 is 23.6 Å². The molecule has 2 amide bonds. The molecule has 0 aromatic heterocycles. The number of halogens is 3. The number of imide groups is 1. The third-order valence-corrected chi connectivity index (χ3v) is 5.19. The Morgan fingerprint density at radius 1 is 1.00 bits per heavy atom. The summed E-state index contributed by atoms with van der Waals surface area (Å²) in [5.74, 6) is -1.12. The minimum absolute atomic E-state index is 0.0396. The molecule has 32 heavy (non-hydrogen) atoms. The monoisotopic (exact) mass is 446 g/mol. The average Bonchev–Trinajstić information content (AvgIpc) is 2.94. The number of amides is 2. The second kappa shape index (κ2) is 9.16. The first-order chi connectivity index (χ1) is 15.0. The lowest BCUT2D eigenvalue weighted by Crippen LogP contribution is -2.35. The van der Waals surface area contributed by atoms with Gasteiger partial charge in [0.25, 0.3) is 11.8 Å². The van der Waals surface area contributed by atoms with E-state index in [9.17, 15) is 22.8 Å². The van der Waals surface area contributed by atoms with E-state index in [1.54, 1.807) is 12.1 Å². The Morgan fingerprint density at radius 3 is 2.34 bits per heavy atom. The number of hydrogen-bond acceptors (Lipinski definition) is 4. The van der Waals surface area contributed by atoms with Crippen LogP contribution in [0.5, 0.6) is 0 Å². The molecule has 1 aliphatic rings. The van der Waals surface area contributed by atoms with E-state index >= 15 is 0 Å². The number of benzene rings is 2. The van der Waals surface area contributed by atoms with Gasteiger partial charge in [-0.3, -0.25) is 14.5 Å². The summed E-state index contributed by atoms with van der Waals surface area (Å²) in [5.41, 5.74) is 1.75. The average molecular weight is 446 g/mol. The van der Waals surface area contributed by atoms with Crippen molar-refractivity contribution in [3.8, 4) is 0 Å². The summed E-state index contributed by atoms with van der Waals surface area (Å²) in [4.78, 5) is 27.4. The normalized spacial score (nSPS) is 14.7. The molecular formula is C24H25F3N2O3. The number of carbonyl (C=O) groups excluding carboxylic acids is 2. The second-order valence-electron chi connectivity index (χ2n) is 7.93. The van der Waals surface area contributed by atoms with Crippen molar-refractivity contribution in [1.82, 2.24) is 4.90 Å². The number of nitrogens with zero attached hydrogens (tertiary/aromatic N) is 1. The molecule has 0 atom stereocenters. The van der Waals surface area contributed by atoms with Gasteiger partial charge in [0.2, 0.25) is 0 Å². The van der Waals surface area contributed by atoms with Crippen LogP contribution in [0.15, 0.2) is 48.2 Å².